The van der Waals surface area contributed by atoms with Crippen LogP contribution in [0.15, 0.2) is 65.8 Å². The molecule has 2 atom stereocenters. The predicted octanol–water partition coefficient (Wildman–Crippen LogP) is 6.13. The Bertz CT molecular complexity index is 1750. The lowest BCUT2D eigenvalue weighted by Gasteiger charge is -2.36. The first-order valence-electron chi connectivity index (χ1n) is 12.5. The number of halogens is 2. The van der Waals surface area contributed by atoms with Crippen molar-refractivity contribution in [2.45, 2.75) is 45.6 Å². The summed E-state index contributed by atoms with van der Waals surface area (Å²) in [6.45, 7) is 7.25. The molecule has 3 heterocycles. The molecule has 2 aliphatic rings. The number of allylic oxidation sites excluding steroid dienone is 4. The number of hydrogen-bond donors (Lipinski definition) is 1. The van der Waals surface area contributed by atoms with Crippen LogP contribution in [0.2, 0.25) is 0 Å². The van der Waals surface area contributed by atoms with E-state index in [2.05, 4.69) is 10.3 Å². The molecular weight excluding hydrogens is 518 g/mol. The Morgan fingerprint density at radius 1 is 1.31 bits per heavy atom. The van der Waals surface area contributed by atoms with Gasteiger partial charge in [0.1, 0.15) is 5.84 Å². The normalized spacial score (nSPS) is 20.9. The van der Waals surface area contributed by atoms with Gasteiger partial charge in [0.25, 0.3) is 5.92 Å². The standard InChI is InChI=1S/C29H26F2N6OS/c1-5-11-29(30,31)21-14-19(8-7-18(21)16-32)37-25-24(17(3)10-13-33-25)36(27(37)39)20-9-12-28(4)22(15-20)26(38)34-23(6-2)35-28/h5,7-15,22H,6H2,1-4H3,(H,34,35,38)/b11-5+. The van der Waals surface area contributed by atoms with Crippen LogP contribution in [0.5, 0.6) is 0 Å². The van der Waals surface area contributed by atoms with Gasteiger partial charge in [-0.1, -0.05) is 19.1 Å². The maximum Gasteiger partial charge on any atom is 0.293 e. The molecule has 0 radical (unpaired) electrons. The van der Waals surface area contributed by atoms with Crippen LogP contribution in [-0.4, -0.2) is 31.4 Å². The fourth-order valence-electron chi connectivity index (χ4n) is 5.13. The molecule has 2 unspecified atom stereocenters. The summed E-state index contributed by atoms with van der Waals surface area (Å²) >= 11 is 5.92. The minimum Gasteiger partial charge on any atom is -0.314 e. The van der Waals surface area contributed by atoms with E-state index in [-0.39, 0.29) is 16.2 Å². The van der Waals surface area contributed by atoms with Gasteiger partial charge >= 0.3 is 0 Å². The van der Waals surface area contributed by atoms with E-state index in [9.17, 15) is 18.8 Å². The summed E-state index contributed by atoms with van der Waals surface area (Å²) in [6.07, 6.45) is 9.86. The van der Waals surface area contributed by atoms with Gasteiger partial charge in [-0.25, -0.2) is 4.98 Å². The fraction of sp³-hybridized carbons (Fsp3) is 0.276. The number of aromatic nitrogens is 3. The predicted molar refractivity (Wildman–Crippen MR) is 149 cm³/mol. The summed E-state index contributed by atoms with van der Waals surface area (Å²) in [5.41, 5.74) is 1.72. The molecule has 1 amide bonds. The van der Waals surface area contributed by atoms with Gasteiger partial charge in [0, 0.05) is 23.9 Å². The van der Waals surface area contributed by atoms with E-state index in [0.717, 1.165) is 11.6 Å². The van der Waals surface area contributed by atoms with Crippen LogP contribution >= 0.6 is 12.2 Å². The van der Waals surface area contributed by atoms with Gasteiger partial charge in [-0.05, 0) is 81.0 Å². The number of carbonyl (C=O) groups is 1. The first kappa shape index (κ1) is 26.4. The van der Waals surface area contributed by atoms with Gasteiger partial charge in [0.05, 0.1) is 34.3 Å². The molecule has 1 aromatic carbocycles. The minimum atomic E-state index is -3.36. The zero-order valence-electron chi connectivity index (χ0n) is 21.9. The van der Waals surface area contributed by atoms with Crippen LogP contribution in [0.3, 0.4) is 0 Å². The summed E-state index contributed by atoms with van der Waals surface area (Å²) in [5, 5.41) is 12.4. The van der Waals surface area contributed by atoms with Crippen LogP contribution in [0.1, 0.15) is 43.9 Å². The van der Waals surface area contributed by atoms with Gasteiger partial charge in [-0.15, -0.1) is 0 Å². The van der Waals surface area contributed by atoms with Crippen LogP contribution < -0.4 is 5.32 Å². The first-order chi connectivity index (χ1) is 18.5. The van der Waals surface area contributed by atoms with Crippen molar-refractivity contribution in [1.82, 2.24) is 19.4 Å². The Hall–Kier alpha value is -4.23. The summed E-state index contributed by atoms with van der Waals surface area (Å²) in [6, 6.07) is 7.92. The van der Waals surface area contributed by atoms with E-state index in [1.807, 2.05) is 51.1 Å². The molecule has 10 heteroatoms. The van der Waals surface area contributed by atoms with Crippen molar-refractivity contribution in [2.24, 2.45) is 10.9 Å². The Balaban J connectivity index is 1.75. The summed E-state index contributed by atoms with van der Waals surface area (Å²) < 4.78 is 33.7. The van der Waals surface area contributed by atoms with Crippen LogP contribution in [-0.2, 0) is 10.7 Å². The summed E-state index contributed by atoms with van der Waals surface area (Å²) in [5.74, 6) is -3.43. The number of alkyl halides is 2. The van der Waals surface area contributed by atoms with E-state index in [0.29, 0.717) is 34.8 Å². The molecule has 3 aromatic rings. The van der Waals surface area contributed by atoms with Gasteiger partial charge in [-0.2, -0.15) is 14.0 Å². The van der Waals surface area contributed by atoms with Gasteiger partial charge in [-0.3, -0.25) is 18.9 Å². The van der Waals surface area contributed by atoms with Gasteiger partial charge in [0.2, 0.25) is 5.91 Å². The number of nitriles is 1. The molecule has 7 nitrogen and oxygen atoms in total. The van der Waals surface area contributed by atoms with Crippen LogP contribution in [0.25, 0.3) is 22.5 Å². The lowest BCUT2D eigenvalue weighted by molar-refractivity contribution is -0.123. The molecule has 0 saturated heterocycles. The van der Waals surface area contributed by atoms with Crippen LogP contribution in [0.4, 0.5) is 8.78 Å². The Labute approximate surface area is 229 Å². The van der Waals surface area contributed by atoms with Gasteiger partial charge in [0.15, 0.2) is 10.4 Å². The third-order valence-corrected chi connectivity index (χ3v) is 7.48. The number of imidazole rings is 1. The van der Waals surface area contributed by atoms with Crippen molar-refractivity contribution in [1.29, 1.82) is 5.26 Å². The number of aryl methyl sites for hydroxylation is 1. The average molecular weight is 545 g/mol. The zero-order valence-corrected chi connectivity index (χ0v) is 22.7. The molecular formula is C29H26F2N6OS. The van der Waals surface area contributed by atoms with E-state index < -0.39 is 22.9 Å². The van der Waals surface area contributed by atoms with Crippen molar-refractivity contribution in [3.8, 4) is 11.8 Å². The third kappa shape index (κ3) is 4.23. The minimum absolute atomic E-state index is 0.131. The number of amides is 1. The number of fused-ring (bicyclic) bond motifs is 2. The molecule has 198 valence electrons. The summed E-state index contributed by atoms with van der Waals surface area (Å²) in [4.78, 5) is 22.3. The first-order valence-corrected chi connectivity index (χ1v) is 12.9. The van der Waals surface area contributed by atoms with E-state index in [4.69, 9.17) is 17.2 Å². The number of amidine groups is 1. The topological polar surface area (TPSA) is 88.0 Å². The van der Waals surface area contributed by atoms with Crippen molar-refractivity contribution in [2.75, 3.05) is 0 Å². The molecule has 2 aromatic heterocycles. The number of rotatable bonds is 5. The quantitative estimate of drug-likeness (QED) is 0.309. The van der Waals surface area contributed by atoms with Crippen molar-refractivity contribution >= 4 is 40.8 Å². The lowest BCUT2D eigenvalue weighted by atomic mass is 9.80. The smallest absolute Gasteiger partial charge is 0.293 e. The molecule has 0 saturated carbocycles. The van der Waals surface area contributed by atoms with Crippen molar-refractivity contribution in [3.63, 3.8) is 0 Å². The summed E-state index contributed by atoms with van der Waals surface area (Å²) in [7, 11) is 0. The fourth-order valence-corrected chi connectivity index (χ4v) is 5.52. The van der Waals surface area contributed by atoms with Gasteiger partial charge < -0.3 is 5.32 Å². The third-order valence-electron chi connectivity index (χ3n) is 7.12. The number of benzene rings is 1. The number of hydrogen-bond acceptors (Lipinski definition) is 5. The SMILES string of the molecule is C/C=C/C(F)(F)c1cc(-n2c(=S)n(C3=CC4C(=O)NC(CC)=NC4(C)C=C3)c3c(C)ccnc32)ccc1C#N. The second-order valence-corrected chi connectivity index (χ2v) is 10.1. The molecule has 1 aliphatic carbocycles. The molecule has 39 heavy (non-hydrogen) atoms. The number of pyridine rings is 1. The molecule has 0 fully saturated rings. The van der Waals surface area contributed by atoms with Crippen molar-refractivity contribution < 1.29 is 13.6 Å². The maximum atomic E-state index is 15.0. The maximum absolute atomic E-state index is 15.0. The number of aliphatic imine (C=N–C) groups is 1. The highest BCUT2D eigenvalue weighted by molar-refractivity contribution is 7.71. The number of nitrogens with zero attached hydrogens (tertiary/aromatic N) is 5. The highest BCUT2D eigenvalue weighted by atomic mass is 32.1. The number of nitrogens with one attached hydrogen (secondary N) is 1. The van der Waals surface area contributed by atoms with E-state index in [1.165, 1.54) is 25.1 Å². The van der Waals surface area contributed by atoms with Crippen molar-refractivity contribution in [3.05, 3.63) is 82.3 Å². The highest BCUT2D eigenvalue weighted by Gasteiger charge is 2.42. The zero-order chi connectivity index (χ0) is 28.1. The van der Waals surface area contributed by atoms with E-state index in [1.54, 1.807) is 21.4 Å². The molecule has 0 bridgehead atoms. The Morgan fingerprint density at radius 3 is 2.77 bits per heavy atom. The second kappa shape index (κ2) is 9.50. The molecule has 0 spiro atoms. The largest absolute Gasteiger partial charge is 0.314 e. The van der Waals surface area contributed by atoms with Crippen LogP contribution in [0, 0.1) is 28.9 Å². The Kier molecular flexibility index (Phi) is 6.43. The molecule has 1 N–H and O–H groups in total. The highest BCUT2D eigenvalue weighted by Crippen LogP contribution is 2.38. The average Bonchev–Trinajstić information content (AvgIpc) is 3.20. The Morgan fingerprint density at radius 2 is 2.08 bits per heavy atom. The van der Waals surface area contributed by atoms with E-state index >= 15 is 0 Å². The second-order valence-electron chi connectivity index (χ2n) is 9.75. The lowest BCUT2D eigenvalue weighted by Crippen LogP contribution is -2.51. The molecule has 5 rings (SSSR count). The molecule has 1 aliphatic heterocycles. The monoisotopic (exact) mass is 544 g/mol. The number of carbonyl (C=O) groups excluding carboxylic acids is 1.